The largest absolute Gasteiger partial charge is 0.465 e. The van der Waals surface area contributed by atoms with Gasteiger partial charge in [-0.15, -0.1) is 0 Å². The molecule has 0 aromatic rings. The van der Waals surface area contributed by atoms with E-state index < -0.39 is 5.54 Å². The molecule has 5 heteroatoms. The zero-order valence-corrected chi connectivity index (χ0v) is 13.5. The monoisotopic (exact) mass is 291 g/mol. The SMILES string of the molecule is CCOC(=O)C(C)(CCCCSCCO)NC(C)C. The van der Waals surface area contributed by atoms with E-state index in [-0.39, 0.29) is 18.6 Å². The molecule has 0 aromatic carbocycles. The van der Waals surface area contributed by atoms with Crippen molar-refractivity contribution >= 4 is 17.7 Å². The summed E-state index contributed by atoms with van der Waals surface area (Å²) < 4.78 is 5.16. The standard InChI is InChI=1S/C14H29NO3S/c1-5-18-13(17)14(4,15-12(2)3)8-6-7-10-19-11-9-16/h12,15-16H,5-11H2,1-4H3. The molecule has 0 spiro atoms. The van der Waals surface area contributed by atoms with Crippen molar-refractivity contribution in [2.75, 3.05) is 24.7 Å². The molecular formula is C14H29NO3S. The van der Waals surface area contributed by atoms with E-state index in [0.29, 0.717) is 6.61 Å². The number of esters is 1. The molecular weight excluding hydrogens is 262 g/mol. The molecule has 1 atom stereocenters. The second-order valence-electron chi connectivity index (χ2n) is 5.14. The Morgan fingerprint density at radius 2 is 2.05 bits per heavy atom. The molecule has 4 nitrogen and oxygen atoms in total. The van der Waals surface area contributed by atoms with Gasteiger partial charge in [0.1, 0.15) is 5.54 Å². The maximum atomic E-state index is 12.0. The minimum atomic E-state index is -0.591. The molecule has 0 aliphatic rings. The number of aliphatic hydroxyl groups is 1. The van der Waals surface area contributed by atoms with E-state index >= 15 is 0 Å². The van der Waals surface area contributed by atoms with Crippen molar-refractivity contribution in [3.8, 4) is 0 Å². The van der Waals surface area contributed by atoms with E-state index in [1.165, 1.54) is 0 Å². The number of hydrogen-bond donors (Lipinski definition) is 2. The molecule has 0 aromatic heterocycles. The Balaban J connectivity index is 4.16. The van der Waals surface area contributed by atoms with Gasteiger partial charge in [-0.3, -0.25) is 10.1 Å². The molecule has 2 N–H and O–H groups in total. The minimum absolute atomic E-state index is 0.160. The summed E-state index contributed by atoms with van der Waals surface area (Å²) in [4.78, 5) is 12.0. The van der Waals surface area contributed by atoms with Crippen LogP contribution in [0.1, 0.15) is 47.0 Å². The van der Waals surface area contributed by atoms with Crippen LogP contribution >= 0.6 is 11.8 Å². The average molecular weight is 291 g/mol. The number of aliphatic hydroxyl groups excluding tert-OH is 1. The van der Waals surface area contributed by atoms with Crippen LogP contribution < -0.4 is 5.32 Å². The molecule has 0 bridgehead atoms. The molecule has 0 aliphatic carbocycles. The number of carbonyl (C=O) groups is 1. The van der Waals surface area contributed by atoms with Crippen molar-refractivity contribution in [1.29, 1.82) is 0 Å². The van der Waals surface area contributed by atoms with E-state index in [4.69, 9.17) is 9.84 Å². The minimum Gasteiger partial charge on any atom is -0.465 e. The molecule has 0 heterocycles. The number of thioether (sulfide) groups is 1. The van der Waals surface area contributed by atoms with Gasteiger partial charge in [0.15, 0.2) is 0 Å². The van der Waals surface area contributed by atoms with Crippen LogP contribution in [0.5, 0.6) is 0 Å². The summed E-state index contributed by atoms with van der Waals surface area (Å²) in [6, 6.07) is 0.248. The van der Waals surface area contributed by atoms with Crippen LogP contribution in [-0.4, -0.2) is 47.4 Å². The zero-order valence-electron chi connectivity index (χ0n) is 12.7. The highest BCUT2D eigenvalue weighted by molar-refractivity contribution is 7.99. The quantitative estimate of drug-likeness (QED) is 0.451. The van der Waals surface area contributed by atoms with Crippen LogP contribution in [0.2, 0.25) is 0 Å². The summed E-state index contributed by atoms with van der Waals surface area (Å²) in [6.07, 6.45) is 2.82. The molecule has 0 amide bonds. The second kappa shape index (κ2) is 10.5. The molecule has 0 aliphatic heterocycles. The Morgan fingerprint density at radius 1 is 1.37 bits per heavy atom. The van der Waals surface area contributed by atoms with Gasteiger partial charge in [0.2, 0.25) is 0 Å². The molecule has 19 heavy (non-hydrogen) atoms. The first-order valence-corrected chi connectivity index (χ1v) is 8.25. The van der Waals surface area contributed by atoms with Gasteiger partial charge < -0.3 is 9.84 Å². The Morgan fingerprint density at radius 3 is 2.58 bits per heavy atom. The lowest BCUT2D eigenvalue weighted by atomic mass is 9.94. The Hall–Kier alpha value is -0.260. The zero-order chi connectivity index (χ0) is 14.7. The highest BCUT2D eigenvalue weighted by atomic mass is 32.2. The first-order chi connectivity index (χ1) is 8.96. The van der Waals surface area contributed by atoms with Gasteiger partial charge in [-0.05, 0) is 46.3 Å². The van der Waals surface area contributed by atoms with E-state index in [1.54, 1.807) is 11.8 Å². The highest BCUT2D eigenvalue weighted by Gasteiger charge is 2.34. The van der Waals surface area contributed by atoms with Gasteiger partial charge >= 0.3 is 5.97 Å². The summed E-state index contributed by atoms with van der Waals surface area (Å²) >= 11 is 1.75. The fourth-order valence-corrected chi connectivity index (χ4v) is 2.75. The fourth-order valence-electron chi connectivity index (χ4n) is 2.01. The summed E-state index contributed by atoms with van der Waals surface area (Å²) in [5.74, 6) is 1.66. The molecule has 0 saturated carbocycles. The van der Waals surface area contributed by atoms with Crippen LogP contribution in [0.25, 0.3) is 0 Å². The first kappa shape index (κ1) is 18.7. The van der Waals surface area contributed by atoms with Crippen molar-refractivity contribution in [2.45, 2.75) is 58.5 Å². The predicted octanol–water partition coefficient (Wildman–Crippen LogP) is 2.20. The summed E-state index contributed by atoms with van der Waals surface area (Å²) in [5.41, 5.74) is -0.591. The van der Waals surface area contributed by atoms with E-state index in [2.05, 4.69) is 5.32 Å². The predicted molar refractivity (Wildman–Crippen MR) is 81.6 cm³/mol. The van der Waals surface area contributed by atoms with Crippen LogP contribution in [0, 0.1) is 0 Å². The molecule has 114 valence electrons. The molecule has 1 unspecified atom stereocenters. The first-order valence-electron chi connectivity index (χ1n) is 7.09. The third-order valence-corrected chi connectivity index (χ3v) is 3.83. The number of carbonyl (C=O) groups excluding carboxylic acids is 1. The van der Waals surface area contributed by atoms with Crippen molar-refractivity contribution in [3.05, 3.63) is 0 Å². The highest BCUT2D eigenvalue weighted by Crippen LogP contribution is 2.18. The maximum Gasteiger partial charge on any atom is 0.326 e. The van der Waals surface area contributed by atoms with Crippen molar-refractivity contribution in [1.82, 2.24) is 5.32 Å². The number of ether oxygens (including phenoxy) is 1. The number of unbranched alkanes of at least 4 members (excludes halogenated alkanes) is 1. The van der Waals surface area contributed by atoms with Gasteiger partial charge in [0.05, 0.1) is 13.2 Å². The summed E-state index contributed by atoms with van der Waals surface area (Å²) in [7, 11) is 0. The lowest BCUT2D eigenvalue weighted by Crippen LogP contribution is -2.53. The molecule has 0 radical (unpaired) electrons. The van der Waals surface area contributed by atoms with Gasteiger partial charge in [0, 0.05) is 11.8 Å². The smallest absolute Gasteiger partial charge is 0.326 e. The Kier molecular flexibility index (Phi) is 10.4. The third kappa shape index (κ3) is 8.50. The Bertz CT molecular complexity index is 249. The second-order valence-corrected chi connectivity index (χ2v) is 6.37. The number of nitrogens with one attached hydrogen (secondary N) is 1. The van der Waals surface area contributed by atoms with Gasteiger partial charge in [0.25, 0.3) is 0 Å². The molecule has 0 rings (SSSR count). The van der Waals surface area contributed by atoms with E-state index in [9.17, 15) is 4.79 Å². The summed E-state index contributed by atoms with van der Waals surface area (Å²) in [6.45, 7) is 8.48. The van der Waals surface area contributed by atoms with Crippen LogP contribution in [0.3, 0.4) is 0 Å². The maximum absolute atomic E-state index is 12.0. The van der Waals surface area contributed by atoms with Gasteiger partial charge in [-0.25, -0.2) is 0 Å². The van der Waals surface area contributed by atoms with E-state index in [0.717, 1.165) is 30.8 Å². The van der Waals surface area contributed by atoms with Gasteiger partial charge in [-0.2, -0.15) is 11.8 Å². The van der Waals surface area contributed by atoms with E-state index in [1.807, 2.05) is 27.7 Å². The average Bonchev–Trinajstić information content (AvgIpc) is 2.33. The molecule has 0 saturated heterocycles. The fraction of sp³-hybridized carbons (Fsp3) is 0.929. The topological polar surface area (TPSA) is 58.6 Å². The lowest BCUT2D eigenvalue weighted by molar-refractivity contribution is -0.151. The van der Waals surface area contributed by atoms with Crippen LogP contribution in [0.4, 0.5) is 0 Å². The van der Waals surface area contributed by atoms with Crippen LogP contribution in [-0.2, 0) is 9.53 Å². The third-order valence-electron chi connectivity index (χ3n) is 2.78. The normalized spacial score (nSPS) is 14.4. The number of hydrogen-bond acceptors (Lipinski definition) is 5. The lowest BCUT2D eigenvalue weighted by Gasteiger charge is -2.30. The van der Waals surface area contributed by atoms with Crippen molar-refractivity contribution < 1.29 is 14.6 Å². The molecule has 0 fully saturated rings. The van der Waals surface area contributed by atoms with Crippen LogP contribution in [0.15, 0.2) is 0 Å². The van der Waals surface area contributed by atoms with Crippen molar-refractivity contribution in [3.63, 3.8) is 0 Å². The van der Waals surface area contributed by atoms with Crippen molar-refractivity contribution in [2.24, 2.45) is 0 Å². The Labute approximate surface area is 121 Å². The summed E-state index contributed by atoms with van der Waals surface area (Å²) in [5, 5.41) is 12.0. The van der Waals surface area contributed by atoms with Gasteiger partial charge in [-0.1, -0.05) is 6.42 Å². The number of rotatable bonds is 11.